The highest BCUT2D eigenvalue weighted by molar-refractivity contribution is 7.91. The molecule has 6 bridgehead atoms. The fourth-order valence-electron chi connectivity index (χ4n) is 12.0. The van der Waals surface area contributed by atoms with E-state index in [2.05, 4.69) is 26.0 Å². The molecule has 9 heteroatoms. The SMILES string of the molecule is COc1ccc(C(=O)c2cc3ccc2C2CCC(O)(CN(CC45CC6CC(CC(C6)C4)C5)S(=O)(=O)c4cccs4)C2(C)CCC=C(C)CCC(O)C3)cc1. The Morgan fingerprint density at radius 1 is 0.963 bits per heavy atom. The Balaban J connectivity index is 1.20. The zero-order chi connectivity index (χ0) is 37.9. The normalized spacial score (nSPS) is 33.7. The lowest BCUT2D eigenvalue weighted by atomic mass is 9.49. The standard InChI is InChI=1S/C45H57NO6S2/c1-30-6-4-17-43(2)40(38-15-9-31(23-36(47)12-8-30)24-39(38)42(48)35-10-13-37(52-3)14-11-35)16-18-45(43,49)29-46(54(50,51)41-7-5-19-53-41)28-44-25-32-20-33(26-44)22-34(21-32)27-44/h5-7,9-11,13-15,19,24,32-34,36,40,47,49H,4,8,12,16-18,20-23,25-29H2,1-3H3. The number of benzene rings is 2. The molecule has 290 valence electrons. The fraction of sp³-hybridized carbons (Fsp3) is 0.578. The van der Waals surface area contributed by atoms with E-state index in [4.69, 9.17) is 4.74 Å². The summed E-state index contributed by atoms with van der Waals surface area (Å²) < 4.78 is 36.9. The topological polar surface area (TPSA) is 104 Å². The minimum atomic E-state index is -3.88. The van der Waals surface area contributed by atoms with Crippen LogP contribution in [-0.2, 0) is 16.4 Å². The first-order valence-electron chi connectivity index (χ1n) is 20.2. The average Bonchev–Trinajstić information content (AvgIpc) is 3.77. The van der Waals surface area contributed by atoms with Crippen molar-refractivity contribution < 1.29 is 28.2 Å². The first-order valence-corrected chi connectivity index (χ1v) is 22.5. The number of ketones is 1. The van der Waals surface area contributed by atoms with Gasteiger partial charge in [-0.25, -0.2) is 8.42 Å². The molecule has 0 amide bonds. The highest BCUT2D eigenvalue weighted by Crippen LogP contribution is 2.62. The number of sulfonamides is 1. The molecule has 5 fully saturated rings. The lowest BCUT2D eigenvalue weighted by Gasteiger charge is -2.58. The van der Waals surface area contributed by atoms with E-state index in [1.807, 2.05) is 17.5 Å². The maximum Gasteiger partial charge on any atom is 0.252 e. The molecule has 54 heavy (non-hydrogen) atoms. The van der Waals surface area contributed by atoms with Crippen LogP contribution in [0.5, 0.6) is 5.75 Å². The molecule has 7 aliphatic carbocycles. The molecule has 0 saturated heterocycles. The zero-order valence-electron chi connectivity index (χ0n) is 32.1. The molecular formula is C45H57NO6S2. The Bertz CT molecular complexity index is 1950. The Morgan fingerprint density at radius 2 is 1.67 bits per heavy atom. The number of ether oxygens (including phenoxy) is 1. The van der Waals surface area contributed by atoms with E-state index < -0.39 is 27.1 Å². The summed E-state index contributed by atoms with van der Waals surface area (Å²) in [5, 5.41) is 26.2. The second-order valence-corrected chi connectivity index (χ2v) is 21.2. The van der Waals surface area contributed by atoms with Gasteiger partial charge in [0.15, 0.2) is 5.78 Å². The van der Waals surface area contributed by atoms with E-state index in [1.54, 1.807) is 47.8 Å². The quantitative estimate of drug-likeness (QED) is 0.166. The number of allylic oxidation sites excluding steroid dienone is 2. The molecule has 7 aliphatic rings. The predicted octanol–water partition coefficient (Wildman–Crippen LogP) is 8.93. The summed E-state index contributed by atoms with van der Waals surface area (Å²) in [5.41, 5.74) is 2.02. The van der Waals surface area contributed by atoms with Gasteiger partial charge in [-0.2, -0.15) is 4.31 Å². The van der Waals surface area contributed by atoms with E-state index in [-0.39, 0.29) is 23.7 Å². The van der Waals surface area contributed by atoms with Gasteiger partial charge in [0.25, 0.3) is 10.0 Å². The molecule has 2 aromatic carbocycles. The van der Waals surface area contributed by atoms with Crippen molar-refractivity contribution in [2.24, 2.45) is 28.6 Å². The molecule has 10 rings (SSSR count). The summed E-state index contributed by atoms with van der Waals surface area (Å²) in [6.45, 7) is 4.76. The van der Waals surface area contributed by atoms with Gasteiger partial charge in [0.1, 0.15) is 9.96 Å². The number of aliphatic hydroxyl groups excluding tert-OH is 1. The van der Waals surface area contributed by atoms with Gasteiger partial charge in [-0.3, -0.25) is 4.79 Å². The maximum absolute atomic E-state index is 14.7. The van der Waals surface area contributed by atoms with Gasteiger partial charge >= 0.3 is 0 Å². The number of nitrogens with zero attached hydrogens (tertiary/aromatic N) is 1. The second kappa shape index (κ2) is 14.6. The number of fused-ring (bicyclic) bond motifs is 8. The summed E-state index contributed by atoms with van der Waals surface area (Å²) in [6.07, 6.45) is 13.0. The van der Waals surface area contributed by atoms with Gasteiger partial charge < -0.3 is 14.9 Å². The summed E-state index contributed by atoms with van der Waals surface area (Å²) in [7, 11) is -2.27. The van der Waals surface area contributed by atoms with Gasteiger partial charge in [0.05, 0.1) is 18.8 Å². The van der Waals surface area contributed by atoms with E-state index in [1.165, 1.54) is 36.2 Å². The molecule has 4 atom stereocenters. The Morgan fingerprint density at radius 3 is 2.31 bits per heavy atom. The predicted molar refractivity (Wildman–Crippen MR) is 214 cm³/mol. The van der Waals surface area contributed by atoms with Crippen LogP contribution >= 0.6 is 11.3 Å². The van der Waals surface area contributed by atoms with E-state index >= 15 is 0 Å². The largest absolute Gasteiger partial charge is 0.497 e. The van der Waals surface area contributed by atoms with E-state index in [0.717, 1.165) is 36.8 Å². The van der Waals surface area contributed by atoms with Crippen molar-refractivity contribution in [3.63, 3.8) is 0 Å². The van der Waals surface area contributed by atoms with Crippen molar-refractivity contribution >= 4 is 27.1 Å². The average molecular weight is 772 g/mol. The van der Waals surface area contributed by atoms with Crippen LogP contribution in [0.3, 0.4) is 0 Å². The minimum absolute atomic E-state index is 0.0384. The van der Waals surface area contributed by atoms with Crippen molar-refractivity contribution in [3.05, 3.63) is 93.9 Å². The number of hydrogen-bond acceptors (Lipinski definition) is 7. The first kappa shape index (κ1) is 38.1. The smallest absolute Gasteiger partial charge is 0.252 e. The molecule has 0 aliphatic heterocycles. The fourth-order valence-corrected chi connectivity index (χ4v) is 14.8. The van der Waals surface area contributed by atoms with Gasteiger partial charge in [0.2, 0.25) is 0 Å². The van der Waals surface area contributed by atoms with Crippen LogP contribution in [0.1, 0.15) is 124 Å². The van der Waals surface area contributed by atoms with Gasteiger partial charge in [0, 0.05) is 29.6 Å². The first-order chi connectivity index (χ1) is 25.8. The lowest BCUT2D eigenvalue weighted by molar-refractivity contribution is -0.0920. The Kier molecular flexibility index (Phi) is 10.3. The van der Waals surface area contributed by atoms with Crippen molar-refractivity contribution in [1.29, 1.82) is 0 Å². The van der Waals surface area contributed by atoms with Gasteiger partial charge in [-0.05, 0) is 172 Å². The highest BCUT2D eigenvalue weighted by atomic mass is 32.2. The molecule has 1 aromatic heterocycles. The molecule has 4 unspecified atom stereocenters. The third kappa shape index (κ3) is 7.06. The minimum Gasteiger partial charge on any atom is -0.497 e. The van der Waals surface area contributed by atoms with Crippen molar-refractivity contribution in [3.8, 4) is 5.75 Å². The molecule has 3 aromatic rings. The van der Waals surface area contributed by atoms with Crippen molar-refractivity contribution in [1.82, 2.24) is 4.31 Å². The lowest BCUT2D eigenvalue weighted by Crippen LogP contribution is -2.57. The number of thiophene rings is 1. The molecule has 2 N–H and O–H groups in total. The summed E-state index contributed by atoms with van der Waals surface area (Å²) >= 11 is 1.26. The van der Waals surface area contributed by atoms with Crippen LogP contribution in [0.4, 0.5) is 0 Å². The molecule has 5 saturated carbocycles. The summed E-state index contributed by atoms with van der Waals surface area (Å²) in [6, 6.07) is 16.7. The third-order valence-electron chi connectivity index (χ3n) is 14.5. The molecule has 7 nitrogen and oxygen atoms in total. The van der Waals surface area contributed by atoms with E-state index in [9.17, 15) is 23.4 Å². The van der Waals surface area contributed by atoms with Crippen LogP contribution in [0, 0.1) is 28.6 Å². The third-order valence-corrected chi connectivity index (χ3v) is 17.6. The molecule has 0 spiro atoms. The summed E-state index contributed by atoms with van der Waals surface area (Å²) in [5.74, 6) is 2.41. The number of aliphatic hydroxyl groups is 2. The van der Waals surface area contributed by atoms with Crippen LogP contribution in [0.25, 0.3) is 0 Å². The second-order valence-electron chi connectivity index (χ2n) is 18.1. The number of methoxy groups -OCH3 is 1. The molecule has 1 heterocycles. The summed E-state index contributed by atoms with van der Waals surface area (Å²) in [4.78, 5) is 14.5. The van der Waals surface area contributed by atoms with Crippen molar-refractivity contribution in [2.75, 3.05) is 20.2 Å². The Labute approximate surface area is 325 Å². The van der Waals surface area contributed by atoms with Gasteiger partial charge in [-0.1, -0.05) is 36.8 Å². The van der Waals surface area contributed by atoms with Crippen LogP contribution in [0.15, 0.2) is 75.8 Å². The molecule has 0 radical (unpaired) electrons. The Hall–Kier alpha value is -2.82. The van der Waals surface area contributed by atoms with E-state index in [0.29, 0.717) is 83.9 Å². The number of carbonyl (C=O) groups is 1. The maximum atomic E-state index is 14.7. The monoisotopic (exact) mass is 771 g/mol. The molecular weight excluding hydrogens is 715 g/mol. The highest BCUT2D eigenvalue weighted by Gasteiger charge is 2.59. The number of rotatable bonds is 9. The van der Waals surface area contributed by atoms with Crippen molar-refractivity contribution in [2.45, 2.75) is 119 Å². The van der Waals surface area contributed by atoms with Crippen LogP contribution < -0.4 is 4.74 Å². The zero-order valence-corrected chi connectivity index (χ0v) is 33.8. The van der Waals surface area contributed by atoms with Crippen LogP contribution in [0.2, 0.25) is 0 Å². The van der Waals surface area contributed by atoms with Gasteiger partial charge in [-0.15, -0.1) is 11.3 Å². The number of hydrogen-bond donors (Lipinski definition) is 2. The number of carbonyl (C=O) groups excluding carboxylic acids is 1. The van der Waals surface area contributed by atoms with Crippen LogP contribution in [-0.4, -0.2) is 60.6 Å².